The molecule has 1 aliphatic rings. The summed E-state index contributed by atoms with van der Waals surface area (Å²) < 4.78 is 5.51. The Hall–Kier alpha value is -2.20. The molecule has 2 aromatic rings. The second-order valence-electron chi connectivity index (χ2n) is 7.84. The van der Waals surface area contributed by atoms with Gasteiger partial charge in [0.2, 0.25) is 0 Å². The molecule has 2 aromatic heterocycles. The molecule has 0 amide bonds. The number of unbranched alkanes of at least 4 members (excludes halogenated alkanes) is 8. The van der Waals surface area contributed by atoms with Crippen LogP contribution in [0.2, 0.25) is 0 Å². The van der Waals surface area contributed by atoms with Gasteiger partial charge in [-0.25, -0.2) is 4.99 Å². The second-order valence-corrected chi connectivity index (χ2v) is 7.84. The number of aromatic amines is 2. The Morgan fingerprint density at radius 1 is 0.967 bits per heavy atom. The maximum Gasteiger partial charge on any atom is 0.146 e. The van der Waals surface area contributed by atoms with Crippen LogP contribution in [-0.2, 0) is 11.2 Å². The van der Waals surface area contributed by atoms with Crippen molar-refractivity contribution in [1.29, 1.82) is 0 Å². The molecule has 0 spiro atoms. The van der Waals surface area contributed by atoms with Crippen LogP contribution >= 0.6 is 12.4 Å². The quantitative estimate of drug-likeness (QED) is 0.324. The number of aryl methyl sites for hydroxylation is 1. The first kappa shape index (κ1) is 24.1. The van der Waals surface area contributed by atoms with Gasteiger partial charge in [-0.2, -0.15) is 0 Å². The van der Waals surface area contributed by atoms with Gasteiger partial charge in [0, 0.05) is 23.7 Å². The number of halogens is 1. The van der Waals surface area contributed by atoms with E-state index in [1.165, 1.54) is 63.5 Å². The number of methoxy groups -OCH3 is 1. The van der Waals surface area contributed by atoms with Crippen LogP contribution in [0.1, 0.15) is 81.8 Å². The van der Waals surface area contributed by atoms with E-state index in [4.69, 9.17) is 9.73 Å². The summed E-state index contributed by atoms with van der Waals surface area (Å²) in [5.74, 6) is 0.796. The largest absolute Gasteiger partial charge is 0.494 e. The zero-order valence-corrected chi connectivity index (χ0v) is 19.2. The third-order valence-corrected chi connectivity index (χ3v) is 5.47. The van der Waals surface area contributed by atoms with Crippen molar-refractivity contribution in [2.45, 2.75) is 71.1 Å². The van der Waals surface area contributed by atoms with E-state index in [9.17, 15) is 0 Å². The van der Waals surface area contributed by atoms with E-state index in [-0.39, 0.29) is 12.4 Å². The molecule has 0 aromatic carbocycles. The molecule has 0 atom stereocenters. The zero-order chi connectivity index (χ0) is 20.3. The lowest BCUT2D eigenvalue weighted by molar-refractivity contribution is 0.303. The minimum atomic E-state index is 0. The van der Waals surface area contributed by atoms with E-state index in [0.717, 1.165) is 35.0 Å². The van der Waals surface area contributed by atoms with Gasteiger partial charge in [0.15, 0.2) is 0 Å². The summed E-state index contributed by atoms with van der Waals surface area (Å²) in [7, 11) is 1.69. The first-order chi connectivity index (χ1) is 14.3. The Kier molecular flexibility index (Phi) is 10.6. The summed E-state index contributed by atoms with van der Waals surface area (Å²) in [4.78, 5) is 11.4. The van der Waals surface area contributed by atoms with E-state index in [2.05, 4.69) is 35.1 Å². The van der Waals surface area contributed by atoms with Crippen LogP contribution in [-0.4, -0.2) is 22.8 Å². The second kappa shape index (κ2) is 13.2. The summed E-state index contributed by atoms with van der Waals surface area (Å²) in [6.07, 6.45) is 19.3. The van der Waals surface area contributed by atoms with Crippen molar-refractivity contribution in [1.82, 2.24) is 9.97 Å². The van der Waals surface area contributed by atoms with Crippen molar-refractivity contribution in [2.75, 3.05) is 7.11 Å². The first-order valence-electron chi connectivity index (χ1n) is 11.2. The highest BCUT2D eigenvalue weighted by molar-refractivity contribution is 6.11. The molecular formula is C25H36ClN3O. The highest BCUT2D eigenvalue weighted by atomic mass is 35.5. The fourth-order valence-corrected chi connectivity index (χ4v) is 3.77. The van der Waals surface area contributed by atoms with Crippen LogP contribution in [0.4, 0.5) is 0 Å². The molecule has 0 radical (unpaired) electrons. The lowest BCUT2D eigenvalue weighted by Crippen LogP contribution is -1.93. The van der Waals surface area contributed by atoms with E-state index in [0.29, 0.717) is 0 Å². The van der Waals surface area contributed by atoms with Crippen molar-refractivity contribution in [3.63, 3.8) is 0 Å². The van der Waals surface area contributed by atoms with Gasteiger partial charge in [-0.1, -0.05) is 58.3 Å². The Bertz CT molecular complexity index is 830. The number of aliphatic imine (C=N–C) groups is 1. The SMILES string of the molecule is CCCCCCCCCCCc1ccc(C=C2N=C(c3ccc[nH]3)C=C2OC)[nH]1.Cl. The highest BCUT2D eigenvalue weighted by Crippen LogP contribution is 2.24. The van der Waals surface area contributed by atoms with Gasteiger partial charge < -0.3 is 14.7 Å². The van der Waals surface area contributed by atoms with E-state index >= 15 is 0 Å². The Morgan fingerprint density at radius 3 is 2.37 bits per heavy atom. The fraction of sp³-hybridized carbons (Fsp3) is 0.480. The van der Waals surface area contributed by atoms with E-state index < -0.39 is 0 Å². The average molecular weight is 430 g/mol. The molecule has 3 rings (SSSR count). The molecule has 0 saturated carbocycles. The number of allylic oxidation sites excluding steroid dienone is 1. The van der Waals surface area contributed by atoms with Crippen molar-refractivity contribution in [3.8, 4) is 0 Å². The number of H-pyrrole nitrogens is 2. The van der Waals surface area contributed by atoms with Gasteiger partial charge in [0.1, 0.15) is 11.5 Å². The van der Waals surface area contributed by atoms with Crippen LogP contribution in [0.3, 0.4) is 0 Å². The molecule has 0 unspecified atom stereocenters. The highest BCUT2D eigenvalue weighted by Gasteiger charge is 2.17. The zero-order valence-electron chi connectivity index (χ0n) is 18.4. The number of aromatic nitrogens is 2. The summed E-state index contributed by atoms with van der Waals surface area (Å²) in [5.41, 5.74) is 5.13. The minimum Gasteiger partial charge on any atom is -0.494 e. The van der Waals surface area contributed by atoms with Gasteiger partial charge in [-0.3, -0.25) is 0 Å². The molecule has 5 heteroatoms. The molecule has 0 saturated heterocycles. The summed E-state index contributed by atoms with van der Waals surface area (Å²) in [6, 6.07) is 8.32. The lowest BCUT2D eigenvalue weighted by atomic mass is 10.1. The number of ether oxygens (including phenoxy) is 1. The summed E-state index contributed by atoms with van der Waals surface area (Å²) in [6.45, 7) is 2.28. The predicted octanol–water partition coefficient (Wildman–Crippen LogP) is 7.21. The molecule has 1 aliphatic heterocycles. The van der Waals surface area contributed by atoms with Gasteiger partial charge >= 0.3 is 0 Å². The minimum absolute atomic E-state index is 0. The Balaban J connectivity index is 0.00000320. The van der Waals surface area contributed by atoms with Crippen LogP contribution in [0.25, 0.3) is 6.08 Å². The van der Waals surface area contributed by atoms with Crippen LogP contribution in [0.5, 0.6) is 0 Å². The molecule has 30 heavy (non-hydrogen) atoms. The van der Waals surface area contributed by atoms with Crippen LogP contribution in [0.15, 0.2) is 53.0 Å². The molecule has 164 valence electrons. The van der Waals surface area contributed by atoms with Crippen LogP contribution in [0, 0.1) is 0 Å². The molecule has 0 fully saturated rings. The Morgan fingerprint density at radius 2 is 1.70 bits per heavy atom. The van der Waals surface area contributed by atoms with E-state index in [1.807, 2.05) is 24.4 Å². The molecule has 3 heterocycles. The van der Waals surface area contributed by atoms with Crippen molar-refractivity contribution in [3.05, 3.63) is 65.1 Å². The number of nitrogens with one attached hydrogen (secondary N) is 2. The molecule has 0 aliphatic carbocycles. The maximum atomic E-state index is 5.51. The van der Waals surface area contributed by atoms with Gasteiger partial charge in [-0.15, -0.1) is 12.4 Å². The molecular weight excluding hydrogens is 394 g/mol. The van der Waals surface area contributed by atoms with Gasteiger partial charge in [0.05, 0.1) is 18.5 Å². The van der Waals surface area contributed by atoms with Gasteiger partial charge in [0.25, 0.3) is 0 Å². The molecule has 4 nitrogen and oxygen atoms in total. The third kappa shape index (κ3) is 7.24. The number of rotatable bonds is 13. The summed E-state index contributed by atoms with van der Waals surface area (Å²) in [5, 5.41) is 0. The average Bonchev–Trinajstić information content (AvgIpc) is 3.48. The maximum absolute atomic E-state index is 5.51. The Labute approximate surface area is 187 Å². The van der Waals surface area contributed by atoms with Crippen molar-refractivity contribution >= 4 is 24.2 Å². The van der Waals surface area contributed by atoms with Crippen molar-refractivity contribution < 1.29 is 4.74 Å². The standard InChI is InChI=1S/C25H35N3O.ClH/c1-3-4-5-6-7-8-9-10-11-13-20-15-16-21(27-20)18-24-25(29-2)19-23(28-24)22-14-12-17-26-22;/h12,14-19,26-27H,3-11,13H2,1-2H3;1H. The first-order valence-corrected chi connectivity index (χ1v) is 11.2. The smallest absolute Gasteiger partial charge is 0.146 e. The molecule has 2 N–H and O–H groups in total. The number of hydrogen-bond donors (Lipinski definition) is 2. The van der Waals surface area contributed by atoms with Crippen molar-refractivity contribution in [2.24, 2.45) is 4.99 Å². The topological polar surface area (TPSA) is 53.2 Å². The third-order valence-electron chi connectivity index (χ3n) is 5.47. The number of hydrogen-bond acceptors (Lipinski definition) is 2. The normalized spacial score (nSPS) is 14.5. The lowest BCUT2D eigenvalue weighted by Gasteiger charge is -2.02. The van der Waals surface area contributed by atoms with Crippen LogP contribution < -0.4 is 0 Å². The van der Waals surface area contributed by atoms with Gasteiger partial charge in [-0.05, 0) is 43.2 Å². The predicted molar refractivity (Wildman–Crippen MR) is 129 cm³/mol. The number of nitrogens with zero attached hydrogens (tertiary/aromatic N) is 1. The van der Waals surface area contributed by atoms with E-state index in [1.54, 1.807) is 7.11 Å². The molecule has 0 bridgehead atoms. The monoisotopic (exact) mass is 429 g/mol. The summed E-state index contributed by atoms with van der Waals surface area (Å²) >= 11 is 0. The fourth-order valence-electron chi connectivity index (χ4n) is 3.77.